The van der Waals surface area contributed by atoms with Crippen LogP contribution in [0.2, 0.25) is 0 Å². The Balaban J connectivity index is 1.88. The van der Waals surface area contributed by atoms with E-state index in [-0.39, 0.29) is 18.5 Å². The molecule has 0 fully saturated rings. The molecular weight excluding hydrogens is 354 g/mol. The van der Waals surface area contributed by atoms with Gasteiger partial charge in [-0.2, -0.15) is 0 Å². The molecule has 0 spiro atoms. The van der Waals surface area contributed by atoms with Crippen LogP contribution >= 0.6 is 15.9 Å². The largest absolute Gasteiger partial charge is 0.325 e. The van der Waals surface area contributed by atoms with Gasteiger partial charge in [0.1, 0.15) is 0 Å². The number of hydrogen-bond donors (Lipinski definition) is 2. The Morgan fingerprint density at radius 3 is 2.64 bits per heavy atom. The van der Waals surface area contributed by atoms with Crippen LogP contribution in [-0.4, -0.2) is 12.5 Å². The molecule has 2 N–H and O–H groups in total. The molecular formula is C16H15BrF2N2O. The highest BCUT2D eigenvalue weighted by atomic mass is 79.9. The zero-order chi connectivity index (χ0) is 16.1. The van der Waals surface area contributed by atoms with Gasteiger partial charge >= 0.3 is 0 Å². The molecule has 0 saturated carbocycles. The third-order valence-corrected chi connectivity index (χ3v) is 3.61. The van der Waals surface area contributed by atoms with E-state index in [1.165, 1.54) is 6.07 Å². The molecule has 0 heterocycles. The lowest BCUT2D eigenvalue weighted by Crippen LogP contribution is -2.30. The van der Waals surface area contributed by atoms with E-state index in [1.54, 1.807) is 19.1 Å². The molecule has 1 atom stereocenters. The molecule has 6 heteroatoms. The highest BCUT2D eigenvalue weighted by Gasteiger charge is 2.10. The Kier molecular flexibility index (Phi) is 5.63. The lowest BCUT2D eigenvalue weighted by Gasteiger charge is -2.14. The van der Waals surface area contributed by atoms with Gasteiger partial charge in [0.2, 0.25) is 5.91 Å². The molecule has 0 aliphatic rings. The number of nitrogens with one attached hydrogen (secondary N) is 2. The maximum atomic E-state index is 13.2. The summed E-state index contributed by atoms with van der Waals surface area (Å²) in [5, 5.41) is 5.71. The van der Waals surface area contributed by atoms with Crippen LogP contribution in [0.25, 0.3) is 0 Å². The quantitative estimate of drug-likeness (QED) is 0.836. The van der Waals surface area contributed by atoms with Crippen molar-refractivity contribution in [2.24, 2.45) is 0 Å². The van der Waals surface area contributed by atoms with Gasteiger partial charge in [0, 0.05) is 16.2 Å². The third kappa shape index (κ3) is 4.61. The number of rotatable bonds is 5. The molecule has 0 aliphatic carbocycles. The minimum atomic E-state index is -0.898. The van der Waals surface area contributed by atoms with E-state index in [0.29, 0.717) is 11.3 Å². The van der Waals surface area contributed by atoms with Gasteiger partial charge < -0.3 is 10.6 Å². The Morgan fingerprint density at radius 1 is 1.18 bits per heavy atom. The Bertz CT molecular complexity index is 679. The molecule has 0 bridgehead atoms. The summed E-state index contributed by atoms with van der Waals surface area (Å²) in [5.41, 5.74) is 1.26. The lowest BCUT2D eigenvalue weighted by atomic mass is 10.1. The van der Waals surface area contributed by atoms with Crippen LogP contribution in [0.1, 0.15) is 18.5 Å². The Labute approximate surface area is 135 Å². The van der Waals surface area contributed by atoms with E-state index in [4.69, 9.17) is 0 Å². The number of anilines is 1. The van der Waals surface area contributed by atoms with Crippen molar-refractivity contribution in [3.05, 3.63) is 64.1 Å². The predicted molar refractivity (Wildman–Crippen MR) is 85.5 cm³/mol. The van der Waals surface area contributed by atoms with Gasteiger partial charge in [0.05, 0.1) is 6.54 Å². The molecule has 0 aromatic heterocycles. The molecule has 0 radical (unpaired) electrons. The van der Waals surface area contributed by atoms with Gasteiger partial charge in [-0.15, -0.1) is 0 Å². The number of halogens is 3. The van der Waals surface area contributed by atoms with Crippen LogP contribution in [0.15, 0.2) is 46.9 Å². The van der Waals surface area contributed by atoms with Crippen LogP contribution in [-0.2, 0) is 4.79 Å². The van der Waals surface area contributed by atoms with Gasteiger partial charge in [0.25, 0.3) is 0 Å². The van der Waals surface area contributed by atoms with Crippen molar-refractivity contribution < 1.29 is 13.6 Å². The highest BCUT2D eigenvalue weighted by molar-refractivity contribution is 9.10. The fourth-order valence-electron chi connectivity index (χ4n) is 1.92. The van der Waals surface area contributed by atoms with Crippen LogP contribution in [0.4, 0.5) is 14.5 Å². The molecule has 3 nitrogen and oxygen atoms in total. The van der Waals surface area contributed by atoms with Crippen molar-refractivity contribution in [3.8, 4) is 0 Å². The molecule has 0 aliphatic heterocycles. The SMILES string of the molecule is C[C@H](NCC(=O)Nc1cccc(Br)c1)c1ccc(F)c(F)c1. The summed E-state index contributed by atoms with van der Waals surface area (Å²) >= 11 is 3.32. The monoisotopic (exact) mass is 368 g/mol. The number of carbonyl (C=O) groups excluding carboxylic acids is 1. The second-order valence-electron chi connectivity index (χ2n) is 4.83. The first kappa shape index (κ1) is 16.6. The van der Waals surface area contributed by atoms with Gasteiger partial charge in [-0.25, -0.2) is 8.78 Å². The van der Waals surface area contributed by atoms with Crippen molar-refractivity contribution in [1.29, 1.82) is 0 Å². The van der Waals surface area contributed by atoms with Crippen LogP contribution in [0, 0.1) is 11.6 Å². The smallest absolute Gasteiger partial charge is 0.238 e. The molecule has 2 rings (SSSR count). The average Bonchev–Trinajstić information content (AvgIpc) is 2.47. The predicted octanol–water partition coefficient (Wildman–Crippen LogP) is 4.02. The van der Waals surface area contributed by atoms with E-state index < -0.39 is 11.6 Å². The minimum absolute atomic E-state index is 0.0622. The molecule has 116 valence electrons. The van der Waals surface area contributed by atoms with Gasteiger partial charge in [-0.3, -0.25) is 4.79 Å². The molecule has 2 aromatic rings. The Hall–Kier alpha value is -1.79. The number of carbonyl (C=O) groups is 1. The summed E-state index contributed by atoms with van der Waals surface area (Å²) in [4.78, 5) is 11.9. The average molecular weight is 369 g/mol. The highest BCUT2D eigenvalue weighted by Crippen LogP contribution is 2.17. The Morgan fingerprint density at radius 2 is 1.95 bits per heavy atom. The first-order chi connectivity index (χ1) is 10.5. The molecule has 2 aromatic carbocycles. The summed E-state index contributed by atoms with van der Waals surface area (Å²) < 4.78 is 26.9. The van der Waals surface area contributed by atoms with Gasteiger partial charge in [0.15, 0.2) is 11.6 Å². The summed E-state index contributed by atoms with van der Waals surface area (Å²) in [6.45, 7) is 1.84. The van der Waals surface area contributed by atoms with Gasteiger partial charge in [-0.1, -0.05) is 28.1 Å². The first-order valence-corrected chi connectivity index (χ1v) is 7.49. The van der Waals surface area contributed by atoms with Gasteiger partial charge in [-0.05, 0) is 42.8 Å². The van der Waals surface area contributed by atoms with E-state index in [0.717, 1.165) is 16.6 Å². The van der Waals surface area contributed by atoms with E-state index in [9.17, 15) is 13.6 Å². The van der Waals surface area contributed by atoms with E-state index in [1.807, 2.05) is 12.1 Å². The first-order valence-electron chi connectivity index (χ1n) is 6.69. The van der Waals surface area contributed by atoms with Crippen molar-refractivity contribution >= 4 is 27.5 Å². The number of amides is 1. The van der Waals surface area contributed by atoms with Crippen molar-refractivity contribution in [2.45, 2.75) is 13.0 Å². The number of hydrogen-bond acceptors (Lipinski definition) is 2. The minimum Gasteiger partial charge on any atom is -0.325 e. The van der Waals surface area contributed by atoms with Crippen LogP contribution < -0.4 is 10.6 Å². The summed E-state index contributed by atoms with van der Waals surface area (Å²) in [7, 11) is 0. The van der Waals surface area contributed by atoms with E-state index in [2.05, 4.69) is 26.6 Å². The summed E-state index contributed by atoms with van der Waals surface area (Å²) in [6, 6.07) is 10.7. The molecule has 0 unspecified atom stereocenters. The zero-order valence-electron chi connectivity index (χ0n) is 11.9. The van der Waals surface area contributed by atoms with Crippen molar-refractivity contribution in [3.63, 3.8) is 0 Å². The molecule has 22 heavy (non-hydrogen) atoms. The maximum Gasteiger partial charge on any atom is 0.238 e. The second-order valence-corrected chi connectivity index (χ2v) is 5.75. The lowest BCUT2D eigenvalue weighted by molar-refractivity contribution is -0.115. The fraction of sp³-hybridized carbons (Fsp3) is 0.188. The molecule has 0 saturated heterocycles. The fourth-order valence-corrected chi connectivity index (χ4v) is 2.32. The van der Waals surface area contributed by atoms with Crippen molar-refractivity contribution in [2.75, 3.05) is 11.9 Å². The van der Waals surface area contributed by atoms with Crippen molar-refractivity contribution in [1.82, 2.24) is 5.32 Å². The normalized spacial score (nSPS) is 12.0. The summed E-state index contributed by atoms with van der Waals surface area (Å²) in [6.07, 6.45) is 0. The van der Waals surface area contributed by atoms with Crippen LogP contribution in [0.3, 0.4) is 0 Å². The second kappa shape index (κ2) is 7.47. The standard InChI is InChI=1S/C16H15BrF2N2O/c1-10(11-5-6-14(18)15(19)7-11)20-9-16(22)21-13-4-2-3-12(17)8-13/h2-8,10,20H,9H2,1H3,(H,21,22)/t10-/m0/s1. The molecule has 1 amide bonds. The number of benzene rings is 2. The maximum absolute atomic E-state index is 13.2. The zero-order valence-corrected chi connectivity index (χ0v) is 13.5. The van der Waals surface area contributed by atoms with E-state index >= 15 is 0 Å². The summed E-state index contributed by atoms with van der Waals surface area (Å²) in [5.74, 6) is -2.00. The third-order valence-electron chi connectivity index (χ3n) is 3.12. The van der Waals surface area contributed by atoms with Crippen LogP contribution in [0.5, 0.6) is 0 Å². The topological polar surface area (TPSA) is 41.1 Å².